The minimum atomic E-state index is -0.385. The highest BCUT2D eigenvalue weighted by Gasteiger charge is 2.11. The van der Waals surface area contributed by atoms with Gasteiger partial charge in [0, 0.05) is 18.3 Å². The van der Waals surface area contributed by atoms with Crippen LogP contribution in [0.25, 0.3) is 10.2 Å². The van der Waals surface area contributed by atoms with Crippen LogP contribution in [0.4, 0.5) is 5.69 Å². The van der Waals surface area contributed by atoms with Crippen LogP contribution < -0.4 is 15.5 Å². The Hall–Kier alpha value is -3.65. The largest absolute Gasteiger partial charge is 0.459 e. The SMILES string of the molecule is Cn1/c(=N/NC(=O)c2cccc(NC(=O)c3ccco3)c2)sc2ccccc21. The lowest BCUT2D eigenvalue weighted by molar-refractivity contribution is 0.0951. The molecule has 0 spiro atoms. The molecule has 0 fully saturated rings. The van der Waals surface area contributed by atoms with Crippen molar-refractivity contribution in [1.82, 2.24) is 9.99 Å². The zero-order chi connectivity index (χ0) is 19.5. The van der Waals surface area contributed by atoms with Crippen molar-refractivity contribution >= 4 is 39.1 Å². The first-order chi connectivity index (χ1) is 13.6. The van der Waals surface area contributed by atoms with Gasteiger partial charge in [-0.15, -0.1) is 5.10 Å². The summed E-state index contributed by atoms with van der Waals surface area (Å²) in [5, 5.41) is 6.93. The summed E-state index contributed by atoms with van der Waals surface area (Å²) in [6.07, 6.45) is 1.42. The average molecular weight is 392 g/mol. The number of nitrogens with one attached hydrogen (secondary N) is 2. The van der Waals surface area contributed by atoms with Gasteiger partial charge in [0.15, 0.2) is 5.76 Å². The van der Waals surface area contributed by atoms with Crippen LogP contribution in [0.15, 0.2) is 76.4 Å². The van der Waals surface area contributed by atoms with E-state index in [4.69, 9.17) is 4.42 Å². The zero-order valence-electron chi connectivity index (χ0n) is 14.9. The van der Waals surface area contributed by atoms with Crippen LogP contribution in [0.5, 0.6) is 0 Å². The molecule has 0 aliphatic rings. The number of para-hydroxylation sites is 1. The molecule has 2 aromatic carbocycles. The Balaban J connectivity index is 1.52. The Morgan fingerprint density at radius 3 is 2.68 bits per heavy atom. The number of anilines is 1. The van der Waals surface area contributed by atoms with Crippen LogP contribution in [-0.4, -0.2) is 16.4 Å². The number of fused-ring (bicyclic) bond motifs is 1. The fourth-order valence-electron chi connectivity index (χ4n) is 2.69. The molecule has 140 valence electrons. The smallest absolute Gasteiger partial charge is 0.291 e. The van der Waals surface area contributed by atoms with Crippen molar-refractivity contribution in [3.63, 3.8) is 0 Å². The molecule has 0 saturated heterocycles. The van der Waals surface area contributed by atoms with E-state index < -0.39 is 0 Å². The van der Waals surface area contributed by atoms with Crippen LogP contribution in [-0.2, 0) is 7.05 Å². The van der Waals surface area contributed by atoms with E-state index in [1.54, 1.807) is 36.4 Å². The van der Waals surface area contributed by atoms with E-state index in [0.29, 0.717) is 16.1 Å². The number of thiazole rings is 1. The molecule has 0 saturated carbocycles. The summed E-state index contributed by atoms with van der Waals surface area (Å²) in [5.74, 6) is -0.557. The highest BCUT2D eigenvalue weighted by atomic mass is 32.1. The maximum Gasteiger partial charge on any atom is 0.291 e. The number of aromatic nitrogens is 1. The predicted octanol–water partition coefficient (Wildman–Crippen LogP) is 3.33. The van der Waals surface area contributed by atoms with Gasteiger partial charge in [0.05, 0.1) is 16.5 Å². The number of nitrogens with zero attached hydrogens (tertiary/aromatic N) is 2. The van der Waals surface area contributed by atoms with Gasteiger partial charge in [0.1, 0.15) is 0 Å². The van der Waals surface area contributed by atoms with Crippen molar-refractivity contribution in [2.24, 2.45) is 12.1 Å². The quantitative estimate of drug-likeness (QED) is 0.522. The van der Waals surface area contributed by atoms with Crippen molar-refractivity contribution in [3.8, 4) is 0 Å². The number of carbonyl (C=O) groups excluding carboxylic acids is 2. The number of benzene rings is 2. The molecule has 0 atom stereocenters. The first-order valence-corrected chi connectivity index (χ1v) is 9.27. The molecule has 4 aromatic rings. The molecular weight excluding hydrogens is 376 g/mol. The van der Waals surface area contributed by atoms with Crippen molar-refractivity contribution in [2.45, 2.75) is 0 Å². The third-order valence-corrected chi connectivity index (χ3v) is 5.21. The maximum absolute atomic E-state index is 12.5. The van der Waals surface area contributed by atoms with E-state index in [2.05, 4.69) is 15.8 Å². The van der Waals surface area contributed by atoms with E-state index in [0.717, 1.165) is 10.2 Å². The number of hydrogen-bond donors (Lipinski definition) is 2. The molecule has 0 bridgehead atoms. The summed E-state index contributed by atoms with van der Waals surface area (Å²) in [6.45, 7) is 0. The minimum absolute atomic E-state index is 0.196. The van der Waals surface area contributed by atoms with E-state index in [-0.39, 0.29) is 17.6 Å². The zero-order valence-corrected chi connectivity index (χ0v) is 15.7. The Kier molecular flexibility index (Phi) is 4.77. The summed E-state index contributed by atoms with van der Waals surface area (Å²) >= 11 is 1.49. The lowest BCUT2D eigenvalue weighted by Crippen LogP contribution is -2.23. The Morgan fingerprint density at radius 2 is 1.89 bits per heavy atom. The molecule has 2 amide bonds. The molecule has 2 N–H and O–H groups in total. The molecule has 2 aromatic heterocycles. The molecule has 0 unspecified atom stereocenters. The van der Waals surface area contributed by atoms with Gasteiger partial charge in [-0.3, -0.25) is 9.59 Å². The van der Waals surface area contributed by atoms with Crippen molar-refractivity contribution in [1.29, 1.82) is 0 Å². The summed E-state index contributed by atoms with van der Waals surface area (Å²) in [5.41, 5.74) is 4.48. The third kappa shape index (κ3) is 3.58. The predicted molar refractivity (Wildman–Crippen MR) is 107 cm³/mol. The number of aryl methyl sites for hydroxylation is 1. The molecule has 2 heterocycles. The first-order valence-electron chi connectivity index (χ1n) is 8.45. The van der Waals surface area contributed by atoms with Crippen LogP contribution >= 0.6 is 11.3 Å². The number of amides is 2. The highest BCUT2D eigenvalue weighted by Crippen LogP contribution is 2.15. The molecule has 4 rings (SSSR count). The lowest BCUT2D eigenvalue weighted by atomic mass is 10.2. The van der Waals surface area contributed by atoms with Gasteiger partial charge in [0.25, 0.3) is 11.8 Å². The fourth-order valence-corrected chi connectivity index (χ4v) is 3.67. The van der Waals surface area contributed by atoms with Crippen LogP contribution in [0.2, 0.25) is 0 Å². The van der Waals surface area contributed by atoms with Crippen LogP contribution in [0, 0.1) is 0 Å². The lowest BCUT2D eigenvalue weighted by Gasteiger charge is -2.05. The fraction of sp³-hybridized carbons (Fsp3) is 0.0500. The Labute approximate surface area is 163 Å². The highest BCUT2D eigenvalue weighted by molar-refractivity contribution is 7.16. The summed E-state index contributed by atoms with van der Waals surface area (Å²) in [7, 11) is 1.90. The Bertz CT molecular complexity index is 1220. The summed E-state index contributed by atoms with van der Waals surface area (Å²) in [6, 6.07) is 17.7. The molecule has 0 aliphatic heterocycles. The number of hydrogen-bond acceptors (Lipinski definition) is 5. The molecule has 8 heteroatoms. The van der Waals surface area contributed by atoms with Crippen molar-refractivity contribution in [3.05, 3.63) is 83.1 Å². The number of carbonyl (C=O) groups is 2. The van der Waals surface area contributed by atoms with Gasteiger partial charge in [-0.2, -0.15) is 0 Å². The first kappa shape index (κ1) is 17.7. The van der Waals surface area contributed by atoms with Crippen molar-refractivity contribution < 1.29 is 14.0 Å². The van der Waals surface area contributed by atoms with Crippen LogP contribution in [0.1, 0.15) is 20.9 Å². The summed E-state index contributed by atoms with van der Waals surface area (Å²) in [4.78, 5) is 25.2. The molecule has 7 nitrogen and oxygen atoms in total. The van der Waals surface area contributed by atoms with Gasteiger partial charge in [0.2, 0.25) is 4.80 Å². The van der Waals surface area contributed by atoms with Gasteiger partial charge in [-0.05, 0) is 42.5 Å². The second-order valence-corrected chi connectivity index (χ2v) is 6.99. The standard InChI is InChI=1S/C20H16N4O3S/c1-24-15-8-2-3-10-17(15)28-20(24)23-22-18(25)13-6-4-7-14(12-13)21-19(26)16-9-5-11-27-16/h2-12H,1H3,(H,21,26)(H,22,25)/b23-20-. The monoisotopic (exact) mass is 392 g/mol. The maximum atomic E-state index is 12.5. The van der Waals surface area contributed by atoms with Gasteiger partial charge >= 0.3 is 0 Å². The average Bonchev–Trinajstić information content (AvgIpc) is 3.35. The third-order valence-electron chi connectivity index (χ3n) is 4.10. The second kappa shape index (κ2) is 7.53. The topological polar surface area (TPSA) is 88.6 Å². The van der Waals surface area contributed by atoms with Crippen LogP contribution in [0.3, 0.4) is 0 Å². The number of rotatable bonds is 4. The van der Waals surface area contributed by atoms with E-state index in [1.165, 1.54) is 17.6 Å². The molecule has 0 aliphatic carbocycles. The van der Waals surface area contributed by atoms with Gasteiger partial charge < -0.3 is 14.3 Å². The van der Waals surface area contributed by atoms with Gasteiger partial charge in [-0.1, -0.05) is 29.5 Å². The molecule has 0 radical (unpaired) electrons. The minimum Gasteiger partial charge on any atom is -0.459 e. The normalized spacial score (nSPS) is 11.5. The van der Waals surface area contributed by atoms with E-state index in [9.17, 15) is 9.59 Å². The molecule has 28 heavy (non-hydrogen) atoms. The molecular formula is C20H16N4O3S. The van der Waals surface area contributed by atoms with E-state index >= 15 is 0 Å². The second-order valence-electron chi connectivity index (χ2n) is 5.98. The Morgan fingerprint density at radius 1 is 1.04 bits per heavy atom. The number of furan rings is 1. The van der Waals surface area contributed by atoms with Crippen molar-refractivity contribution in [2.75, 3.05) is 5.32 Å². The van der Waals surface area contributed by atoms with E-state index in [1.807, 2.05) is 35.9 Å². The van der Waals surface area contributed by atoms with Gasteiger partial charge in [-0.25, -0.2) is 5.43 Å². The summed E-state index contributed by atoms with van der Waals surface area (Å²) < 4.78 is 8.06.